The van der Waals surface area contributed by atoms with Gasteiger partial charge in [0.25, 0.3) is 5.91 Å². The van der Waals surface area contributed by atoms with Crippen molar-refractivity contribution in [2.45, 2.75) is 0 Å². The van der Waals surface area contributed by atoms with Crippen LogP contribution < -0.4 is 11.1 Å². The molecule has 0 aliphatic carbocycles. The number of anilines is 2. The summed E-state index contributed by atoms with van der Waals surface area (Å²) in [6.45, 7) is 0. The van der Waals surface area contributed by atoms with Gasteiger partial charge in [0.05, 0.1) is 5.02 Å². The molecule has 21 heavy (non-hydrogen) atoms. The van der Waals surface area contributed by atoms with Crippen LogP contribution in [-0.2, 0) is 0 Å². The number of aromatic nitrogens is 1. The van der Waals surface area contributed by atoms with Gasteiger partial charge in [-0.3, -0.25) is 4.79 Å². The van der Waals surface area contributed by atoms with E-state index in [9.17, 15) is 9.18 Å². The van der Waals surface area contributed by atoms with Crippen molar-refractivity contribution < 1.29 is 9.18 Å². The molecule has 6 heteroatoms. The number of amides is 1. The van der Waals surface area contributed by atoms with Crippen LogP contribution in [-0.4, -0.2) is 10.9 Å². The van der Waals surface area contributed by atoms with E-state index in [0.717, 1.165) is 10.9 Å². The van der Waals surface area contributed by atoms with Crippen molar-refractivity contribution in [3.63, 3.8) is 0 Å². The van der Waals surface area contributed by atoms with Gasteiger partial charge in [0.1, 0.15) is 11.5 Å². The predicted molar refractivity (Wildman–Crippen MR) is 82.1 cm³/mol. The van der Waals surface area contributed by atoms with Crippen molar-refractivity contribution in [1.82, 2.24) is 4.98 Å². The van der Waals surface area contributed by atoms with E-state index in [1.54, 1.807) is 24.3 Å². The SMILES string of the molecule is Nc1ccc2[nH]c(C(=O)Nc3ccc(F)c(Cl)c3)cc2c1. The third-order valence-corrected chi connectivity index (χ3v) is 3.36. The third-order valence-electron chi connectivity index (χ3n) is 3.07. The highest BCUT2D eigenvalue weighted by molar-refractivity contribution is 6.31. The minimum absolute atomic E-state index is 0.0442. The van der Waals surface area contributed by atoms with Crippen molar-refractivity contribution in [2.24, 2.45) is 0 Å². The fourth-order valence-corrected chi connectivity index (χ4v) is 2.23. The van der Waals surface area contributed by atoms with Crippen molar-refractivity contribution in [3.05, 3.63) is 59.0 Å². The second kappa shape index (κ2) is 5.10. The van der Waals surface area contributed by atoms with Gasteiger partial charge in [-0.25, -0.2) is 4.39 Å². The number of carbonyl (C=O) groups excluding carboxylic acids is 1. The normalized spacial score (nSPS) is 10.8. The molecule has 0 saturated heterocycles. The molecule has 0 atom stereocenters. The average Bonchev–Trinajstić information content (AvgIpc) is 2.86. The van der Waals surface area contributed by atoms with Crippen LogP contribution in [0.4, 0.5) is 15.8 Å². The Labute approximate surface area is 124 Å². The predicted octanol–water partition coefficient (Wildman–Crippen LogP) is 3.79. The fraction of sp³-hybridized carbons (Fsp3) is 0. The van der Waals surface area contributed by atoms with Crippen molar-refractivity contribution >= 4 is 39.8 Å². The van der Waals surface area contributed by atoms with E-state index < -0.39 is 5.82 Å². The number of nitrogens with one attached hydrogen (secondary N) is 2. The molecule has 1 aromatic heterocycles. The van der Waals surface area contributed by atoms with Gasteiger partial charge >= 0.3 is 0 Å². The maximum absolute atomic E-state index is 13.1. The lowest BCUT2D eigenvalue weighted by molar-refractivity contribution is 0.102. The van der Waals surface area contributed by atoms with Gasteiger partial charge in [-0.05, 0) is 42.5 Å². The van der Waals surface area contributed by atoms with E-state index in [1.807, 2.05) is 0 Å². The summed E-state index contributed by atoms with van der Waals surface area (Å²) in [4.78, 5) is 15.1. The molecule has 0 saturated carbocycles. The minimum Gasteiger partial charge on any atom is -0.399 e. The lowest BCUT2D eigenvalue weighted by Crippen LogP contribution is -2.12. The second-order valence-electron chi connectivity index (χ2n) is 4.61. The smallest absolute Gasteiger partial charge is 0.272 e. The monoisotopic (exact) mass is 303 g/mol. The summed E-state index contributed by atoms with van der Waals surface area (Å²) >= 11 is 5.68. The molecule has 106 valence electrons. The maximum Gasteiger partial charge on any atom is 0.272 e. The summed E-state index contributed by atoms with van der Waals surface area (Å²) in [6, 6.07) is 11.0. The van der Waals surface area contributed by atoms with Crippen LogP contribution in [0.3, 0.4) is 0 Å². The number of nitrogens with two attached hydrogens (primary N) is 1. The van der Waals surface area contributed by atoms with E-state index in [0.29, 0.717) is 17.1 Å². The van der Waals surface area contributed by atoms with E-state index in [2.05, 4.69) is 10.3 Å². The lowest BCUT2D eigenvalue weighted by atomic mass is 10.2. The van der Waals surface area contributed by atoms with Crippen LogP contribution in [0.15, 0.2) is 42.5 Å². The number of carbonyl (C=O) groups is 1. The number of benzene rings is 2. The molecular weight excluding hydrogens is 293 g/mol. The minimum atomic E-state index is -0.532. The second-order valence-corrected chi connectivity index (χ2v) is 5.02. The summed E-state index contributed by atoms with van der Waals surface area (Å²) in [5, 5.41) is 3.45. The number of halogens is 2. The zero-order chi connectivity index (χ0) is 15.0. The molecule has 3 aromatic rings. The molecule has 0 fully saturated rings. The number of aromatic amines is 1. The Morgan fingerprint density at radius 2 is 2.00 bits per heavy atom. The molecule has 1 amide bonds. The number of rotatable bonds is 2. The Morgan fingerprint density at radius 3 is 2.76 bits per heavy atom. The fourth-order valence-electron chi connectivity index (χ4n) is 2.05. The van der Waals surface area contributed by atoms with Crippen LogP contribution >= 0.6 is 11.6 Å². The van der Waals surface area contributed by atoms with E-state index in [4.69, 9.17) is 17.3 Å². The molecule has 0 unspecified atom stereocenters. The maximum atomic E-state index is 13.1. The summed E-state index contributed by atoms with van der Waals surface area (Å²) in [6.07, 6.45) is 0. The Kier molecular flexibility index (Phi) is 3.27. The Balaban J connectivity index is 1.87. The summed E-state index contributed by atoms with van der Waals surface area (Å²) in [5.41, 5.74) is 7.94. The number of fused-ring (bicyclic) bond motifs is 1. The topological polar surface area (TPSA) is 70.9 Å². The average molecular weight is 304 g/mol. The van der Waals surface area contributed by atoms with Crippen molar-refractivity contribution in [2.75, 3.05) is 11.1 Å². The summed E-state index contributed by atoms with van der Waals surface area (Å²) in [7, 11) is 0. The molecule has 1 heterocycles. The van der Waals surface area contributed by atoms with Gasteiger partial charge in [0.2, 0.25) is 0 Å². The van der Waals surface area contributed by atoms with Crippen LogP contribution in [0.25, 0.3) is 10.9 Å². The standard InChI is InChI=1S/C15H11ClFN3O/c16-11-7-10(2-3-12(11)17)19-15(21)14-6-8-5-9(18)1-4-13(8)20-14/h1-7,20H,18H2,(H,19,21). The Hall–Kier alpha value is -2.53. The van der Waals surface area contributed by atoms with E-state index in [-0.39, 0.29) is 10.9 Å². The number of hydrogen-bond donors (Lipinski definition) is 3. The van der Waals surface area contributed by atoms with E-state index in [1.165, 1.54) is 18.2 Å². The van der Waals surface area contributed by atoms with Crippen LogP contribution in [0.1, 0.15) is 10.5 Å². The molecule has 4 nitrogen and oxygen atoms in total. The van der Waals surface area contributed by atoms with Crippen molar-refractivity contribution in [3.8, 4) is 0 Å². The van der Waals surface area contributed by atoms with Crippen molar-refractivity contribution in [1.29, 1.82) is 0 Å². The zero-order valence-corrected chi connectivity index (χ0v) is 11.5. The molecule has 2 aromatic carbocycles. The Bertz CT molecular complexity index is 844. The van der Waals surface area contributed by atoms with Gasteiger partial charge < -0.3 is 16.0 Å². The first kappa shape index (κ1) is 13.5. The van der Waals surface area contributed by atoms with Gasteiger partial charge in [-0.1, -0.05) is 11.6 Å². The highest BCUT2D eigenvalue weighted by Crippen LogP contribution is 2.21. The quantitative estimate of drug-likeness (QED) is 0.630. The number of H-pyrrole nitrogens is 1. The first-order valence-electron chi connectivity index (χ1n) is 6.17. The van der Waals surface area contributed by atoms with E-state index >= 15 is 0 Å². The zero-order valence-electron chi connectivity index (χ0n) is 10.8. The van der Waals surface area contributed by atoms with Gasteiger partial charge in [-0.2, -0.15) is 0 Å². The molecular formula is C15H11ClFN3O. The highest BCUT2D eigenvalue weighted by Gasteiger charge is 2.11. The van der Waals surface area contributed by atoms with Crippen LogP contribution in [0.2, 0.25) is 5.02 Å². The Morgan fingerprint density at radius 1 is 1.19 bits per heavy atom. The highest BCUT2D eigenvalue weighted by atomic mass is 35.5. The molecule has 0 spiro atoms. The third kappa shape index (κ3) is 2.68. The molecule has 3 rings (SSSR count). The molecule has 0 aliphatic rings. The van der Waals surface area contributed by atoms with Gasteiger partial charge in [0.15, 0.2) is 0 Å². The van der Waals surface area contributed by atoms with Crippen LogP contribution in [0.5, 0.6) is 0 Å². The van der Waals surface area contributed by atoms with Gasteiger partial charge in [-0.15, -0.1) is 0 Å². The largest absolute Gasteiger partial charge is 0.399 e. The summed E-state index contributed by atoms with van der Waals surface area (Å²) in [5.74, 6) is -0.872. The number of nitrogen functional groups attached to an aromatic ring is 1. The molecule has 0 radical (unpaired) electrons. The molecule has 0 aliphatic heterocycles. The first-order valence-corrected chi connectivity index (χ1v) is 6.55. The van der Waals surface area contributed by atoms with Gasteiger partial charge in [0, 0.05) is 22.3 Å². The lowest BCUT2D eigenvalue weighted by Gasteiger charge is -2.04. The molecule has 0 bridgehead atoms. The first-order chi connectivity index (χ1) is 10.0. The summed E-state index contributed by atoms with van der Waals surface area (Å²) < 4.78 is 13.1. The number of hydrogen-bond acceptors (Lipinski definition) is 2. The van der Waals surface area contributed by atoms with Crippen LogP contribution in [0, 0.1) is 5.82 Å². The molecule has 4 N–H and O–H groups in total.